The van der Waals surface area contributed by atoms with Gasteiger partial charge in [-0.2, -0.15) is 5.10 Å². The van der Waals surface area contributed by atoms with Gasteiger partial charge in [0.2, 0.25) is 5.88 Å². The Kier molecular flexibility index (Phi) is 4.22. The van der Waals surface area contributed by atoms with Gasteiger partial charge in [0.25, 0.3) is 5.56 Å². The summed E-state index contributed by atoms with van der Waals surface area (Å²) in [5.41, 5.74) is 1.42. The lowest BCUT2D eigenvalue weighted by molar-refractivity contribution is 0.278. The smallest absolute Gasteiger partial charge is 0.290 e. The number of H-pyrrole nitrogens is 1. The largest absolute Gasteiger partial charge is 0.476 e. The molecule has 3 aromatic heterocycles. The summed E-state index contributed by atoms with van der Waals surface area (Å²) in [6.07, 6.45) is 4.58. The standard InChI is InChI=1S/C16H18N6O2S/c1-22-16(23)13(18-8-15-17-4-5-25-15)7-14(21-22)24-9-10-6-11(10)12-2-3-19-20-12/h2-5,7,10-11,18H,6,8-9H2,1H3,(H,19,20)/t10?,11-/m1/s1. The van der Waals surface area contributed by atoms with Gasteiger partial charge in [0.1, 0.15) is 10.7 Å². The third kappa shape index (κ3) is 3.55. The zero-order valence-corrected chi connectivity index (χ0v) is 14.5. The molecule has 4 rings (SSSR count). The number of rotatable bonds is 7. The van der Waals surface area contributed by atoms with Crippen LogP contribution in [-0.2, 0) is 13.6 Å². The molecular formula is C16H18N6O2S. The van der Waals surface area contributed by atoms with E-state index < -0.39 is 0 Å². The maximum absolute atomic E-state index is 12.2. The summed E-state index contributed by atoms with van der Waals surface area (Å²) >= 11 is 1.54. The van der Waals surface area contributed by atoms with Crippen LogP contribution >= 0.6 is 11.3 Å². The van der Waals surface area contributed by atoms with Gasteiger partial charge < -0.3 is 10.1 Å². The van der Waals surface area contributed by atoms with Crippen LogP contribution in [0.5, 0.6) is 5.88 Å². The Morgan fingerprint density at radius 2 is 2.40 bits per heavy atom. The second kappa shape index (κ2) is 6.67. The van der Waals surface area contributed by atoms with Crippen molar-refractivity contribution < 1.29 is 4.74 Å². The molecule has 0 saturated heterocycles. The minimum atomic E-state index is -0.189. The fraction of sp³-hybridized carbons (Fsp3) is 0.375. The maximum atomic E-state index is 12.2. The fourth-order valence-electron chi connectivity index (χ4n) is 2.77. The lowest BCUT2D eigenvalue weighted by atomic mass is 10.2. The number of aromatic nitrogens is 5. The van der Waals surface area contributed by atoms with E-state index in [1.165, 1.54) is 4.68 Å². The zero-order valence-electron chi connectivity index (χ0n) is 13.7. The van der Waals surface area contributed by atoms with Crippen molar-refractivity contribution in [2.45, 2.75) is 18.9 Å². The normalized spacial score (nSPS) is 18.9. The SMILES string of the molecule is Cn1nc(OCC2C[C@H]2c2ccn[nH]2)cc(NCc2nccs2)c1=O. The van der Waals surface area contributed by atoms with Crippen molar-refractivity contribution in [1.29, 1.82) is 0 Å². The Labute approximate surface area is 147 Å². The van der Waals surface area contributed by atoms with E-state index in [9.17, 15) is 4.79 Å². The van der Waals surface area contributed by atoms with Crippen LogP contribution in [0.2, 0.25) is 0 Å². The van der Waals surface area contributed by atoms with Crippen LogP contribution < -0.4 is 15.6 Å². The van der Waals surface area contributed by atoms with Crippen LogP contribution in [0.25, 0.3) is 0 Å². The highest BCUT2D eigenvalue weighted by Crippen LogP contribution is 2.46. The van der Waals surface area contributed by atoms with E-state index in [0.717, 1.165) is 17.1 Å². The molecule has 3 heterocycles. The topological polar surface area (TPSA) is 97.7 Å². The van der Waals surface area contributed by atoms with Gasteiger partial charge in [-0.25, -0.2) is 9.67 Å². The number of aryl methyl sites for hydroxylation is 1. The second-order valence-electron chi connectivity index (χ2n) is 6.03. The summed E-state index contributed by atoms with van der Waals surface area (Å²) in [6, 6.07) is 3.65. The van der Waals surface area contributed by atoms with Gasteiger partial charge in [-0.05, 0) is 12.5 Å². The Hall–Kier alpha value is -2.68. The molecule has 0 amide bonds. The van der Waals surface area contributed by atoms with Gasteiger partial charge >= 0.3 is 0 Å². The number of anilines is 1. The Morgan fingerprint density at radius 1 is 1.48 bits per heavy atom. The number of aromatic amines is 1. The molecule has 2 atom stereocenters. The summed E-state index contributed by atoms with van der Waals surface area (Å²) in [5.74, 6) is 1.36. The van der Waals surface area contributed by atoms with E-state index >= 15 is 0 Å². The van der Waals surface area contributed by atoms with Gasteiger partial charge in [0, 0.05) is 48.4 Å². The highest BCUT2D eigenvalue weighted by molar-refractivity contribution is 7.09. The number of thiazole rings is 1. The Balaban J connectivity index is 1.39. The van der Waals surface area contributed by atoms with Gasteiger partial charge in [-0.1, -0.05) is 0 Å². The molecular weight excluding hydrogens is 340 g/mol. The maximum Gasteiger partial charge on any atom is 0.290 e. The molecule has 1 unspecified atom stereocenters. The molecule has 1 saturated carbocycles. The molecule has 0 spiro atoms. The van der Waals surface area contributed by atoms with E-state index in [2.05, 4.69) is 25.6 Å². The van der Waals surface area contributed by atoms with E-state index in [-0.39, 0.29) is 5.56 Å². The van der Waals surface area contributed by atoms with Gasteiger partial charge in [0.15, 0.2) is 0 Å². The number of hydrogen-bond acceptors (Lipinski definition) is 7. The molecule has 25 heavy (non-hydrogen) atoms. The van der Waals surface area contributed by atoms with Crippen LogP contribution in [0, 0.1) is 5.92 Å². The first-order valence-electron chi connectivity index (χ1n) is 8.03. The van der Waals surface area contributed by atoms with Crippen molar-refractivity contribution in [2.24, 2.45) is 13.0 Å². The molecule has 9 heteroatoms. The van der Waals surface area contributed by atoms with Gasteiger partial charge in [-0.3, -0.25) is 9.89 Å². The summed E-state index contributed by atoms with van der Waals surface area (Å²) < 4.78 is 7.10. The average Bonchev–Trinajstić information content (AvgIpc) is 3.03. The molecule has 0 radical (unpaired) electrons. The molecule has 0 bridgehead atoms. The van der Waals surface area contributed by atoms with Gasteiger partial charge in [0.05, 0.1) is 13.2 Å². The molecule has 130 valence electrons. The third-order valence-electron chi connectivity index (χ3n) is 4.24. The monoisotopic (exact) mass is 358 g/mol. The van der Waals surface area contributed by atoms with Crippen molar-refractivity contribution in [3.05, 3.63) is 51.0 Å². The molecule has 3 aromatic rings. The quantitative estimate of drug-likeness (QED) is 0.668. The lowest BCUT2D eigenvalue weighted by Gasteiger charge is -2.10. The highest BCUT2D eigenvalue weighted by atomic mass is 32.1. The molecule has 1 aliphatic carbocycles. The number of hydrogen-bond donors (Lipinski definition) is 2. The summed E-state index contributed by atoms with van der Waals surface area (Å²) in [7, 11) is 1.62. The molecule has 0 aliphatic heterocycles. The van der Waals surface area contributed by atoms with E-state index in [4.69, 9.17) is 4.74 Å². The van der Waals surface area contributed by atoms with Crippen LogP contribution in [0.1, 0.15) is 23.0 Å². The first-order valence-corrected chi connectivity index (χ1v) is 8.91. The first kappa shape index (κ1) is 15.8. The number of nitrogens with zero attached hydrogens (tertiary/aromatic N) is 4. The summed E-state index contributed by atoms with van der Waals surface area (Å²) in [5, 5.41) is 17.1. The van der Waals surface area contributed by atoms with Crippen molar-refractivity contribution in [1.82, 2.24) is 25.0 Å². The molecule has 0 aromatic carbocycles. The van der Waals surface area contributed by atoms with E-state index in [1.54, 1.807) is 36.8 Å². The summed E-state index contributed by atoms with van der Waals surface area (Å²) in [4.78, 5) is 16.4. The van der Waals surface area contributed by atoms with Crippen LogP contribution in [0.4, 0.5) is 5.69 Å². The van der Waals surface area contributed by atoms with Gasteiger partial charge in [-0.15, -0.1) is 16.4 Å². The van der Waals surface area contributed by atoms with Crippen LogP contribution in [0.3, 0.4) is 0 Å². The van der Waals surface area contributed by atoms with Crippen LogP contribution in [0.15, 0.2) is 34.7 Å². The van der Waals surface area contributed by atoms with Crippen LogP contribution in [-0.4, -0.2) is 31.6 Å². The fourth-order valence-corrected chi connectivity index (χ4v) is 3.32. The zero-order chi connectivity index (χ0) is 17.2. The minimum Gasteiger partial charge on any atom is -0.476 e. The third-order valence-corrected chi connectivity index (χ3v) is 5.02. The Bertz CT molecular complexity index is 890. The second-order valence-corrected chi connectivity index (χ2v) is 7.01. The van der Waals surface area contributed by atoms with Crippen molar-refractivity contribution in [2.75, 3.05) is 11.9 Å². The molecule has 8 nitrogen and oxygen atoms in total. The van der Waals surface area contributed by atoms with E-state index in [0.29, 0.717) is 36.6 Å². The molecule has 2 N–H and O–H groups in total. The minimum absolute atomic E-state index is 0.189. The Morgan fingerprint density at radius 3 is 3.16 bits per heavy atom. The first-order chi connectivity index (χ1) is 12.2. The predicted molar refractivity (Wildman–Crippen MR) is 93.8 cm³/mol. The van der Waals surface area contributed by atoms with Crippen molar-refractivity contribution >= 4 is 17.0 Å². The highest BCUT2D eigenvalue weighted by Gasteiger charge is 2.40. The van der Waals surface area contributed by atoms with Crippen molar-refractivity contribution in [3.63, 3.8) is 0 Å². The lowest BCUT2D eigenvalue weighted by Crippen LogP contribution is -2.24. The molecule has 1 aliphatic rings. The predicted octanol–water partition coefficient (Wildman–Crippen LogP) is 1.75. The molecule has 1 fully saturated rings. The van der Waals surface area contributed by atoms with Crippen molar-refractivity contribution in [3.8, 4) is 5.88 Å². The summed E-state index contributed by atoms with van der Waals surface area (Å²) in [6.45, 7) is 1.07. The number of nitrogens with one attached hydrogen (secondary N) is 2. The number of ether oxygens (including phenoxy) is 1. The average molecular weight is 358 g/mol. The van der Waals surface area contributed by atoms with E-state index in [1.807, 2.05) is 11.4 Å².